The molecule has 1 amide bonds. The second-order valence-corrected chi connectivity index (χ2v) is 7.65. The molecule has 2 heterocycles. The molecule has 2 N–H and O–H groups in total. The van der Waals surface area contributed by atoms with Gasteiger partial charge in [-0.2, -0.15) is 0 Å². The summed E-state index contributed by atoms with van der Waals surface area (Å²) in [5, 5.41) is 6.56. The summed E-state index contributed by atoms with van der Waals surface area (Å²) in [5.41, 5.74) is 3.19. The number of hydrogen-bond donors (Lipinski definition) is 2. The van der Waals surface area contributed by atoms with Crippen LogP contribution in [-0.4, -0.2) is 36.5 Å². The molecule has 0 spiro atoms. The van der Waals surface area contributed by atoms with Gasteiger partial charge in [0.2, 0.25) is 5.91 Å². The number of carbonyl (C=O) groups is 1. The van der Waals surface area contributed by atoms with E-state index >= 15 is 0 Å². The van der Waals surface area contributed by atoms with E-state index in [0.29, 0.717) is 6.42 Å². The largest absolute Gasteiger partial charge is 0.468 e. The fourth-order valence-corrected chi connectivity index (χ4v) is 3.76. The van der Waals surface area contributed by atoms with E-state index in [9.17, 15) is 4.79 Å². The Morgan fingerprint density at radius 1 is 1.22 bits per heavy atom. The number of anilines is 1. The lowest BCUT2D eigenvalue weighted by Gasteiger charge is -2.27. The number of aryl methyl sites for hydroxylation is 2. The molecule has 5 heteroatoms. The van der Waals surface area contributed by atoms with Crippen molar-refractivity contribution in [3.05, 3.63) is 53.5 Å². The van der Waals surface area contributed by atoms with E-state index in [-0.39, 0.29) is 18.0 Å². The minimum absolute atomic E-state index is 0.0395. The van der Waals surface area contributed by atoms with Crippen LogP contribution in [0.1, 0.15) is 49.1 Å². The molecule has 0 aliphatic carbocycles. The highest BCUT2D eigenvalue weighted by atomic mass is 16.3. The smallest absolute Gasteiger partial charge is 0.225 e. The number of amides is 1. The average molecular weight is 370 g/mol. The van der Waals surface area contributed by atoms with Crippen molar-refractivity contribution in [2.45, 2.75) is 52.1 Å². The molecule has 2 atom stereocenters. The van der Waals surface area contributed by atoms with Crippen molar-refractivity contribution in [2.24, 2.45) is 0 Å². The summed E-state index contributed by atoms with van der Waals surface area (Å²) in [4.78, 5) is 14.9. The molecule has 0 bridgehead atoms. The molecular formula is C22H31N3O2. The van der Waals surface area contributed by atoms with Gasteiger partial charge in [-0.05, 0) is 70.5 Å². The van der Waals surface area contributed by atoms with Gasteiger partial charge in [-0.1, -0.05) is 17.7 Å². The normalized spacial score (nSPS) is 17.0. The molecule has 5 nitrogen and oxygen atoms in total. The number of rotatable bonds is 8. The predicted octanol–water partition coefficient (Wildman–Crippen LogP) is 4.04. The first-order valence-electron chi connectivity index (χ1n) is 9.91. The van der Waals surface area contributed by atoms with Gasteiger partial charge in [-0.25, -0.2) is 0 Å². The molecule has 1 aromatic carbocycles. The van der Waals surface area contributed by atoms with Crippen molar-refractivity contribution in [3.63, 3.8) is 0 Å². The minimum Gasteiger partial charge on any atom is -0.468 e. The average Bonchev–Trinajstić information content (AvgIpc) is 3.32. The number of nitrogens with one attached hydrogen (secondary N) is 2. The topological polar surface area (TPSA) is 57.5 Å². The van der Waals surface area contributed by atoms with Crippen LogP contribution >= 0.6 is 0 Å². The Labute approximate surface area is 162 Å². The van der Waals surface area contributed by atoms with E-state index in [1.807, 2.05) is 31.2 Å². The van der Waals surface area contributed by atoms with E-state index in [4.69, 9.17) is 4.42 Å². The van der Waals surface area contributed by atoms with Crippen molar-refractivity contribution in [3.8, 4) is 0 Å². The third-order valence-electron chi connectivity index (χ3n) is 5.26. The number of carbonyl (C=O) groups excluding carboxylic acids is 1. The van der Waals surface area contributed by atoms with Gasteiger partial charge in [0, 0.05) is 24.7 Å². The fraction of sp³-hybridized carbons (Fsp3) is 0.500. The summed E-state index contributed by atoms with van der Waals surface area (Å²) in [6.45, 7) is 9.13. The molecule has 1 aliphatic heterocycles. The fourth-order valence-electron chi connectivity index (χ4n) is 3.76. The van der Waals surface area contributed by atoms with E-state index in [2.05, 4.69) is 35.4 Å². The maximum absolute atomic E-state index is 12.4. The van der Waals surface area contributed by atoms with Gasteiger partial charge in [0.15, 0.2) is 0 Å². The predicted molar refractivity (Wildman–Crippen MR) is 109 cm³/mol. The standard InChI is InChI=1S/C22H31N3O2/c1-16-8-9-19(17(2)13-16)24-22(26)14-18(3)23-15-20(21-7-6-12-27-21)25-10-4-5-11-25/h6-9,12-13,18,20,23H,4-5,10-11,14-15H2,1-3H3,(H,24,26). The lowest BCUT2D eigenvalue weighted by molar-refractivity contribution is -0.116. The molecule has 1 aliphatic rings. The summed E-state index contributed by atoms with van der Waals surface area (Å²) in [5.74, 6) is 1.04. The summed E-state index contributed by atoms with van der Waals surface area (Å²) in [7, 11) is 0. The monoisotopic (exact) mass is 369 g/mol. The van der Waals surface area contributed by atoms with Gasteiger partial charge in [0.05, 0.1) is 12.3 Å². The maximum Gasteiger partial charge on any atom is 0.225 e. The molecule has 1 aromatic heterocycles. The Balaban J connectivity index is 1.51. The number of nitrogens with zero attached hydrogens (tertiary/aromatic N) is 1. The number of benzene rings is 1. The summed E-state index contributed by atoms with van der Waals surface area (Å²) < 4.78 is 5.66. The first kappa shape index (κ1) is 19.6. The summed E-state index contributed by atoms with van der Waals surface area (Å²) in [6, 6.07) is 10.4. The van der Waals surface area contributed by atoms with Crippen LogP contribution in [0.5, 0.6) is 0 Å². The van der Waals surface area contributed by atoms with Crippen molar-refractivity contribution in [2.75, 3.05) is 25.0 Å². The molecule has 27 heavy (non-hydrogen) atoms. The third kappa shape index (κ3) is 5.44. The van der Waals surface area contributed by atoms with Crippen LogP contribution < -0.4 is 10.6 Å². The van der Waals surface area contributed by atoms with Crippen LogP contribution in [-0.2, 0) is 4.79 Å². The van der Waals surface area contributed by atoms with Crippen molar-refractivity contribution < 1.29 is 9.21 Å². The van der Waals surface area contributed by atoms with E-state index in [1.165, 1.54) is 18.4 Å². The highest BCUT2D eigenvalue weighted by Gasteiger charge is 2.26. The highest BCUT2D eigenvalue weighted by Crippen LogP contribution is 2.25. The highest BCUT2D eigenvalue weighted by molar-refractivity contribution is 5.91. The van der Waals surface area contributed by atoms with Crippen molar-refractivity contribution >= 4 is 11.6 Å². The Kier molecular flexibility index (Phi) is 6.69. The van der Waals surface area contributed by atoms with Crippen LogP contribution in [0.2, 0.25) is 0 Å². The van der Waals surface area contributed by atoms with E-state index in [0.717, 1.165) is 36.6 Å². The maximum atomic E-state index is 12.4. The van der Waals surface area contributed by atoms with E-state index in [1.54, 1.807) is 6.26 Å². The van der Waals surface area contributed by atoms with Crippen LogP contribution in [0, 0.1) is 13.8 Å². The second-order valence-electron chi connectivity index (χ2n) is 7.65. The number of hydrogen-bond acceptors (Lipinski definition) is 4. The second kappa shape index (κ2) is 9.20. The molecule has 146 valence electrons. The number of likely N-dealkylation sites (tertiary alicyclic amines) is 1. The Morgan fingerprint density at radius 2 is 2.00 bits per heavy atom. The van der Waals surface area contributed by atoms with Crippen molar-refractivity contribution in [1.82, 2.24) is 10.2 Å². The van der Waals surface area contributed by atoms with Crippen LogP contribution in [0.3, 0.4) is 0 Å². The molecular weight excluding hydrogens is 338 g/mol. The molecule has 2 aromatic rings. The molecule has 3 rings (SSSR count). The molecule has 1 saturated heterocycles. The Bertz CT molecular complexity index is 736. The number of furan rings is 1. The van der Waals surface area contributed by atoms with Gasteiger partial charge in [-0.15, -0.1) is 0 Å². The molecule has 1 fully saturated rings. The zero-order valence-electron chi connectivity index (χ0n) is 16.6. The van der Waals surface area contributed by atoms with Crippen LogP contribution in [0.25, 0.3) is 0 Å². The van der Waals surface area contributed by atoms with Crippen LogP contribution in [0.15, 0.2) is 41.0 Å². The Hall–Kier alpha value is -2.11. The lowest BCUT2D eigenvalue weighted by atomic mass is 10.1. The van der Waals surface area contributed by atoms with Crippen molar-refractivity contribution in [1.29, 1.82) is 0 Å². The zero-order chi connectivity index (χ0) is 19.2. The van der Waals surface area contributed by atoms with Gasteiger partial charge in [0.25, 0.3) is 0 Å². The van der Waals surface area contributed by atoms with Gasteiger partial charge in [-0.3, -0.25) is 9.69 Å². The van der Waals surface area contributed by atoms with Gasteiger partial charge >= 0.3 is 0 Å². The molecule has 0 radical (unpaired) electrons. The third-order valence-corrected chi connectivity index (χ3v) is 5.26. The quantitative estimate of drug-likeness (QED) is 0.737. The molecule has 0 saturated carbocycles. The van der Waals surface area contributed by atoms with Gasteiger partial charge < -0.3 is 15.1 Å². The SMILES string of the molecule is Cc1ccc(NC(=O)CC(C)NCC(c2ccco2)N2CCCC2)c(C)c1. The van der Waals surface area contributed by atoms with E-state index < -0.39 is 0 Å². The Morgan fingerprint density at radius 3 is 2.67 bits per heavy atom. The lowest BCUT2D eigenvalue weighted by Crippen LogP contribution is -2.39. The summed E-state index contributed by atoms with van der Waals surface area (Å²) >= 11 is 0. The van der Waals surface area contributed by atoms with Gasteiger partial charge in [0.1, 0.15) is 5.76 Å². The first-order chi connectivity index (χ1) is 13.0. The van der Waals surface area contributed by atoms with Crippen LogP contribution in [0.4, 0.5) is 5.69 Å². The minimum atomic E-state index is 0.0395. The summed E-state index contributed by atoms with van der Waals surface area (Å²) in [6.07, 6.45) is 4.66. The zero-order valence-corrected chi connectivity index (χ0v) is 16.6. The molecule has 2 unspecified atom stereocenters. The first-order valence-corrected chi connectivity index (χ1v) is 9.91.